The number of ether oxygens (including phenoxy) is 1. The molecule has 1 fully saturated rings. The maximum Gasteiger partial charge on any atom is 0.403 e. The number of rotatable bonds is 5. The maximum atomic E-state index is 12.9. The SMILES string of the molecule is CCNC(=NCc1cccnc1OC)N1CCN(C(C)C(F)(F)F)CC1. The lowest BCUT2D eigenvalue weighted by Crippen LogP contribution is -2.56. The van der Waals surface area contributed by atoms with Crippen LogP contribution in [0.3, 0.4) is 0 Å². The molecule has 1 N–H and O–H groups in total. The molecule has 0 bridgehead atoms. The highest BCUT2D eigenvalue weighted by molar-refractivity contribution is 5.80. The summed E-state index contributed by atoms with van der Waals surface area (Å²) in [5.74, 6) is 1.22. The van der Waals surface area contributed by atoms with Gasteiger partial charge in [0.05, 0.1) is 13.7 Å². The standard InChI is InChI=1S/C17H26F3N5O/c1-4-21-16(23-12-14-6-5-7-22-15(14)26-3)25-10-8-24(9-11-25)13(2)17(18,19)20/h5-7,13H,4,8-12H2,1-3H3,(H,21,23). The van der Waals surface area contributed by atoms with Gasteiger partial charge in [-0.15, -0.1) is 0 Å². The van der Waals surface area contributed by atoms with Gasteiger partial charge in [-0.2, -0.15) is 13.2 Å². The van der Waals surface area contributed by atoms with Gasteiger partial charge < -0.3 is 15.0 Å². The van der Waals surface area contributed by atoms with Gasteiger partial charge in [0.15, 0.2) is 5.96 Å². The summed E-state index contributed by atoms with van der Waals surface area (Å²) in [6.07, 6.45) is -2.55. The fourth-order valence-corrected chi connectivity index (χ4v) is 2.84. The molecule has 1 aromatic heterocycles. The van der Waals surface area contributed by atoms with E-state index >= 15 is 0 Å². The minimum atomic E-state index is -4.20. The molecule has 0 aliphatic carbocycles. The van der Waals surface area contributed by atoms with Crippen molar-refractivity contribution in [1.29, 1.82) is 0 Å². The number of aliphatic imine (C=N–C) groups is 1. The van der Waals surface area contributed by atoms with Crippen LogP contribution in [0, 0.1) is 0 Å². The van der Waals surface area contributed by atoms with E-state index in [2.05, 4.69) is 15.3 Å². The van der Waals surface area contributed by atoms with Crippen LogP contribution in [0.1, 0.15) is 19.4 Å². The molecule has 26 heavy (non-hydrogen) atoms. The Morgan fingerprint density at radius 1 is 1.35 bits per heavy atom. The highest BCUT2D eigenvalue weighted by Crippen LogP contribution is 2.25. The second kappa shape index (κ2) is 9.07. The molecule has 2 rings (SSSR count). The fourth-order valence-electron chi connectivity index (χ4n) is 2.84. The van der Waals surface area contributed by atoms with Crippen molar-refractivity contribution >= 4 is 5.96 Å². The van der Waals surface area contributed by atoms with Crippen LogP contribution in [0.15, 0.2) is 23.3 Å². The summed E-state index contributed by atoms with van der Waals surface area (Å²) in [6, 6.07) is 2.28. The van der Waals surface area contributed by atoms with Crippen LogP contribution < -0.4 is 10.1 Å². The summed E-state index contributed by atoms with van der Waals surface area (Å²) < 4.78 is 43.9. The average molecular weight is 373 g/mol. The minimum absolute atomic E-state index is 0.349. The minimum Gasteiger partial charge on any atom is -0.481 e. The molecule has 0 saturated carbocycles. The van der Waals surface area contributed by atoms with Crippen LogP contribution in [0.5, 0.6) is 5.88 Å². The fraction of sp³-hybridized carbons (Fsp3) is 0.647. The lowest BCUT2D eigenvalue weighted by atomic mass is 10.2. The van der Waals surface area contributed by atoms with Crippen LogP contribution in [0.4, 0.5) is 13.2 Å². The van der Waals surface area contributed by atoms with Gasteiger partial charge in [-0.05, 0) is 19.9 Å². The van der Waals surface area contributed by atoms with E-state index in [0.29, 0.717) is 51.1 Å². The monoisotopic (exact) mass is 373 g/mol. The van der Waals surface area contributed by atoms with Crippen molar-refractivity contribution in [3.8, 4) is 5.88 Å². The van der Waals surface area contributed by atoms with E-state index in [0.717, 1.165) is 5.56 Å². The molecule has 1 saturated heterocycles. The van der Waals surface area contributed by atoms with E-state index < -0.39 is 12.2 Å². The molecule has 0 amide bonds. The molecule has 6 nitrogen and oxygen atoms in total. The van der Waals surface area contributed by atoms with Gasteiger partial charge in [0, 0.05) is 44.5 Å². The van der Waals surface area contributed by atoms with Crippen molar-refractivity contribution in [1.82, 2.24) is 20.1 Å². The number of nitrogens with zero attached hydrogens (tertiary/aromatic N) is 4. The predicted molar refractivity (Wildman–Crippen MR) is 94.3 cm³/mol. The van der Waals surface area contributed by atoms with E-state index in [1.165, 1.54) is 11.8 Å². The number of hydrogen-bond donors (Lipinski definition) is 1. The van der Waals surface area contributed by atoms with Crippen molar-refractivity contribution in [2.45, 2.75) is 32.6 Å². The number of halogens is 3. The molecule has 146 valence electrons. The van der Waals surface area contributed by atoms with Crippen molar-refractivity contribution in [3.63, 3.8) is 0 Å². The normalized spacial score (nSPS) is 17.9. The highest BCUT2D eigenvalue weighted by Gasteiger charge is 2.41. The zero-order valence-corrected chi connectivity index (χ0v) is 15.4. The third-order valence-corrected chi connectivity index (χ3v) is 4.41. The van der Waals surface area contributed by atoms with E-state index in [1.54, 1.807) is 13.3 Å². The van der Waals surface area contributed by atoms with Gasteiger partial charge in [-0.3, -0.25) is 4.90 Å². The lowest BCUT2D eigenvalue weighted by Gasteiger charge is -2.39. The van der Waals surface area contributed by atoms with Crippen LogP contribution in [-0.2, 0) is 6.54 Å². The first-order chi connectivity index (χ1) is 12.4. The summed E-state index contributed by atoms with van der Waals surface area (Å²) in [6.45, 7) is 5.93. The van der Waals surface area contributed by atoms with Crippen molar-refractivity contribution in [2.24, 2.45) is 4.99 Å². The molecular formula is C17H26F3N5O. The number of methoxy groups -OCH3 is 1. The summed E-state index contributed by atoms with van der Waals surface area (Å²) in [5.41, 5.74) is 0.856. The van der Waals surface area contributed by atoms with E-state index in [4.69, 9.17) is 4.74 Å². The van der Waals surface area contributed by atoms with Gasteiger partial charge in [0.25, 0.3) is 0 Å². The Hall–Kier alpha value is -2.03. The number of hydrogen-bond acceptors (Lipinski definition) is 4. The average Bonchev–Trinajstić information content (AvgIpc) is 2.64. The molecular weight excluding hydrogens is 347 g/mol. The summed E-state index contributed by atoms with van der Waals surface area (Å²) in [5, 5.41) is 3.21. The number of aromatic nitrogens is 1. The van der Waals surface area contributed by atoms with Gasteiger partial charge in [-0.25, -0.2) is 9.98 Å². The van der Waals surface area contributed by atoms with Gasteiger partial charge in [0.1, 0.15) is 6.04 Å². The number of pyridine rings is 1. The zero-order chi connectivity index (χ0) is 19.2. The molecule has 1 aliphatic rings. The smallest absolute Gasteiger partial charge is 0.403 e. The molecule has 0 radical (unpaired) electrons. The van der Waals surface area contributed by atoms with Crippen LogP contribution in [0.25, 0.3) is 0 Å². The van der Waals surface area contributed by atoms with Gasteiger partial charge in [0.2, 0.25) is 5.88 Å². The first-order valence-electron chi connectivity index (χ1n) is 8.68. The Kier molecular flexibility index (Phi) is 7.07. The Bertz CT molecular complexity index is 600. The Morgan fingerprint density at radius 3 is 2.62 bits per heavy atom. The lowest BCUT2D eigenvalue weighted by molar-refractivity contribution is -0.181. The molecule has 0 aromatic carbocycles. The van der Waals surface area contributed by atoms with E-state index in [9.17, 15) is 13.2 Å². The molecule has 1 aromatic rings. The predicted octanol–water partition coefficient (Wildman–Crippen LogP) is 2.12. The molecule has 2 heterocycles. The zero-order valence-electron chi connectivity index (χ0n) is 15.4. The molecule has 1 atom stereocenters. The molecule has 0 spiro atoms. The van der Waals surface area contributed by atoms with Gasteiger partial charge in [-0.1, -0.05) is 6.07 Å². The Balaban J connectivity index is 2.02. The number of piperazine rings is 1. The number of guanidine groups is 1. The topological polar surface area (TPSA) is 53.0 Å². The molecule has 1 aliphatic heterocycles. The molecule has 1 unspecified atom stereocenters. The quantitative estimate of drug-likeness (QED) is 0.633. The van der Waals surface area contributed by atoms with E-state index in [-0.39, 0.29) is 0 Å². The molecule has 9 heteroatoms. The second-order valence-corrected chi connectivity index (χ2v) is 6.08. The first kappa shape index (κ1) is 20.3. The third-order valence-electron chi connectivity index (χ3n) is 4.41. The van der Waals surface area contributed by atoms with Crippen LogP contribution >= 0.6 is 0 Å². The number of nitrogens with one attached hydrogen (secondary N) is 1. The summed E-state index contributed by atoms with van der Waals surface area (Å²) >= 11 is 0. The summed E-state index contributed by atoms with van der Waals surface area (Å²) in [7, 11) is 1.56. The third kappa shape index (κ3) is 5.23. The largest absolute Gasteiger partial charge is 0.481 e. The van der Waals surface area contributed by atoms with Crippen LogP contribution in [-0.4, -0.2) is 72.8 Å². The highest BCUT2D eigenvalue weighted by atomic mass is 19.4. The Morgan fingerprint density at radius 2 is 2.04 bits per heavy atom. The second-order valence-electron chi connectivity index (χ2n) is 6.08. The summed E-state index contributed by atoms with van der Waals surface area (Å²) in [4.78, 5) is 12.2. The van der Waals surface area contributed by atoms with Crippen LogP contribution in [0.2, 0.25) is 0 Å². The maximum absolute atomic E-state index is 12.9. The van der Waals surface area contributed by atoms with Crippen molar-refractivity contribution in [2.75, 3.05) is 39.8 Å². The van der Waals surface area contributed by atoms with E-state index in [1.807, 2.05) is 24.0 Å². The first-order valence-corrected chi connectivity index (χ1v) is 8.68. The van der Waals surface area contributed by atoms with Crippen molar-refractivity contribution in [3.05, 3.63) is 23.9 Å². The van der Waals surface area contributed by atoms with Gasteiger partial charge >= 0.3 is 6.18 Å². The Labute approximate surface area is 152 Å². The number of alkyl halides is 3. The van der Waals surface area contributed by atoms with Crippen molar-refractivity contribution < 1.29 is 17.9 Å².